The molecule has 0 fully saturated rings. The predicted octanol–water partition coefficient (Wildman–Crippen LogP) is 2.25. The summed E-state index contributed by atoms with van der Waals surface area (Å²) in [6.45, 7) is 0.728. The van der Waals surface area contributed by atoms with Gasteiger partial charge in [-0.3, -0.25) is 9.78 Å². The second-order valence-electron chi connectivity index (χ2n) is 5.90. The molecule has 0 aliphatic heterocycles. The van der Waals surface area contributed by atoms with E-state index in [2.05, 4.69) is 10.3 Å². The van der Waals surface area contributed by atoms with Crippen molar-refractivity contribution in [2.75, 3.05) is 19.3 Å². The number of aromatic nitrogens is 1. The Hall–Kier alpha value is -1.96. The van der Waals surface area contributed by atoms with Crippen LogP contribution in [0.5, 0.6) is 0 Å². The van der Waals surface area contributed by atoms with Gasteiger partial charge < -0.3 is 5.32 Å². The molecule has 6 nitrogen and oxygen atoms in total. The Morgan fingerprint density at radius 2 is 2.04 bits per heavy atom. The van der Waals surface area contributed by atoms with Crippen molar-refractivity contribution < 1.29 is 13.2 Å². The van der Waals surface area contributed by atoms with E-state index in [1.807, 2.05) is 18.2 Å². The van der Waals surface area contributed by atoms with Crippen molar-refractivity contribution in [2.45, 2.75) is 19.4 Å². The molecular formula is C18H22ClN3O3S. The van der Waals surface area contributed by atoms with Crippen LogP contribution >= 0.6 is 11.6 Å². The minimum atomic E-state index is -3.43. The fraction of sp³-hybridized carbons (Fsp3) is 0.333. The summed E-state index contributed by atoms with van der Waals surface area (Å²) in [5.41, 5.74) is 1.67. The molecule has 1 amide bonds. The summed E-state index contributed by atoms with van der Waals surface area (Å²) in [5.74, 6) is -0.193. The smallest absolute Gasteiger partial charge is 0.221 e. The Morgan fingerprint density at radius 3 is 2.69 bits per heavy atom. The van der Waals surface area contributed by atoms with Gasteiger partial charge in [-0.1, -0.05) is 29.8 Å². The second-order valence-corrected chi connectivity index (χ2v) is 8.32. The summed E-state index contributed by atoms with van der Waals surface area (Å²) in [6, 6.07) is 12.8. The van der Waals surface area contributed by atoms with E-state index >= 15 is 0 Å². The molecule has 1 N–H and O–H groups in total. The van der Waals surface area contributed by atoms with E-state index in [1.165, 1.54) is 4.31 Å². The first-order chi connectivity index (χ1) is 12.3. The van der Waals surface area contributed by atoms with Crippen LogP contribution in [0.3, 0.4) is 0 Å². The van der Waals surface area contributed by atoms with Gasteiger partial charge in [0.25, 0.3) is 0 Å². The monoisotopic (exact) mass is 395 g/mol. The van der Waals surface area contributed by atoms with Crippen LogP contribution in [0, 0.1) is 0 Å². The zero-order valence-corrected chi connectivity index (χ0v) is 16.1. The lowest BCUT2D eigenvalue weighted by atomic mass is 10.1. The van der Waals surface area contributed by atoms with Crippen LogP contribution in [0.15, 0.2) is 48.7 Å². The zero-order chi connectivity index (χ0) is 19.0. The molecule has 0 saturated carbocycles. The molecule has 8 heteroatoms. The summed E-state index contributed by atoms with van der Waals surface area (Å²) in [7, 11) is -3.43. The molecule has 2 aromatic rings. The van der Waals surface area contributed by atoms with Gasteiger partial charge in [0.05, 0.1) is 18.5 Å². The fourth-order valence-electron chi connectivity index (χ4n) is 2.39. The largest absolute Gasteiger partial charge is 0.356 e. The molecule has 0 saturated heterocycles. The first kappa shape index (κ1) is 20.4. The van der Waals surface area contributed by atoms with Crippen LogP contribution in [-0.2, 0) is 27.8 Å². The Kier molecular flexibility index (Phi) is 7.56. The summed E-state index contributed by atoms with van der Waals surface area (Å²) in [5, 5.41) is 3.46. The number of nitrogens with one attached hydrogen (secondary N) is 1. The Bertz CT molecular complexity index is 829. The van der Waals surface area contributed by atoms with Crippen molar-refractivity contribution in [3.63, 3.8) is 0 Å². The zero-order valence-electron chi connectivity index (χ0n) is 14.6. The SMILES string of the molecule is CS(=O)(=O)N(CCC(=O)NCCc1cccc(Cl)c1)Cc1ccccn1. The van der Waals surface area contributed by atoms with E-state index in [1.54, 1.807) is 30.5 Å². The molecule has 1 heterocycles. The maximum atomic E-state index is 12.0. The van der Waals surface area contributed by atoms with Crippen molar-refractivity contribution in [3.05, 3.63) is 64.9 Å². The van der Waals surface area contributed by atoms with Crippen LogP contribution in [0.25, 0.3) is 0 Å². The van der Waals surface area contributed by atoms with E-state index in [9.17, 15) is 13.2 Å². The Morgan fingerprint density at radius 1 is 1.23 bits per heavy atom. The van der Waals surface area contributed by atoms with Crippen molar-refractivity contribution in [1.29, 1.82) is 0 Å². The number of benzene rings is 1. The highest BCUT2D eigenvalue weighted by molar-refractivity contribution is 7.88. The van der Waals surface area contributed by atoms with Crippen LogP contribution in [-0.4, -0.2) is 43.0 Å². The van der Waals surface area contributed by atoms with Crippen LogP contribution in [0.1, 0.15) is 17.7 Å². The number of halogens is 1. The third-order valence-corrected chi connectivity index (χ3v) is 5.23. The molecule has 1 aromatic heterocycles. The van der Waals surface area contributed by atoms with E-state index in [0.717, 1.165) is 11.8 Å². The predicted molar refractivity (Wildman–Crippen MR) is 102 cm³/mol. The van der Waals surface area contributed by atoms with Crippen LogP contribution in [0.4, 0.5) is 0 Å². The maximum Gasteiger partial charge on any atom is 0.221 e. The van der Waals surface area contributed by atoms with E-state index < -0.39 is 10.0 Å². The van der Waals surface area contributed by atoms with Crippen molar-refractivity contribution >= 4 is 27.5 Å². The number of carbonyl (C=O) groups is 1. The molecule has 0 spiro atoms. The third kappa shape index (κ3) is 7.11. The average Bonchev–Trinajstić information content (AvgIpc) is 2.58. The van der Waals surface area contributed by atoms with Gasteiger partial charge in [0, 0.05) is 30.7 Å². The van der Waals surface area contributed by atoms with Gasteiger partial charge in [-0.15, -0.1) is 0 Å². The van der Waals surface area contributed by atoms with Gasteiger partial charge >= 0.3 is 0 Å². The van der Waals surface area contributed by atoms with Gasteiger partial charge in [-0.2, -0.15) is 4.31 Å². The van der Waals surface area contributed by atoms with Crippen LogP contribution < -0.4 is 5.32 Å². The number of rotatable bonds is 9. The highest BCUT2D eigenvalue weighted by atomic mass is 35.5. The molecule has 0 unspecified atom stereocenters. The van der Waals surface area contributed by atoms with Crippen molar-refractivity contribution in [1.82, 2.24) is 14.6 Å². The summed E-state index contributed by atoms with van der Waals surface area (Å²) >= 11 is 5.93. The molecule has 26 heavy (non-hydrogen) atoms. The number of nitrogens with zero attached hydrogens (tertiary/aromatic N) is 2. The number of hydrogen-bond acceptors (Lipinski definition) is 4. The fourth-order valence-corrected chi connectivity index (χ4v) is 3.39. The summed E-state index contributed by atoms with van der Waals surface area (Å²) < 4.78 is 25.1. The van der Waals surface area contributed by atoms with Gasteiger partial charge in [0.2, 0.25) is 15.9 Å². The maximum absolute atomic E-state index is 12.0. The second kappa shape index (κ2) is 9.66. The summed E-state index contributed by atoms with van der Waals surface area (Å²) in [4.78, 5) is 16.1. The number of hydrogen-bond donors (Lipinski definition) is 1. The average molecular weight is 396 g/mol. The Balaban J connectivity index is 1.81. The Labute approximate surface area is 159 Å². The van der Waals surface area contributed by atoms with Gasteiger partial charge in [0.15, 0.2) is 0 Å². The van der Waals surface area contributed by atoms with Crippen molar-refractivity contribution in [3.8, 4) is 0 Å². The lowest BCUT2D eigenvalue weighted by molar-refractivity contribution is -0.121. The molecule has 1 aromatic carbocycles. The molecule has 140 valence electrons. The molecule has 0 atom stereocenters. The van der Waals surface area contributed by atoms with Crippen molar-refractivity contribution in [2.24, 2.45) is 0 Å². The third-order valence-electron chi connectivity index (χ3n) is 3.75. The standard InChI is InChI=1S/C18H22ClN3O3S/c1-26(24,25)22(14-17-7-2-3-10-20-17)12-9-18(23)21-11-8-15-5-4-6-16(19)13-15/h2-7,10,13H,8-9,11-12,14H2,1H3,(H,21,23). The minimum Gasteiger partial charge on any atom is -0.356 e. The summed E-state index contributed by atoms with van der Waals surface area (Å²) in [6.07, 6.45) is 3.50. The first-order valence-electron chi connectivity index (χ1n) is 8.21. The quantitative estimate of drug-likeness (QED) is 0.706. The molecule has 0 aliphatic rings. The van der Waals surface area contributed by atoms with E-state index in [0.29, 0.717) is 23.7 Å². The molecule has 0 aliphatic carbocycles. The lowest BCUT2D eigenvalue weighted by Gasteiger charge is -2.19. The number of pyridine rings is 1. The molecular weight excluding hydrogens is 374 g/mol. The van der Waals surface area contributed by atoms with E-state index in [4.69, 9.17) is 11.6 Å². The van der Waals surface area contributed by atoms with E-state index in [-0.39, 0.29) is 25.4 Å². The number of sulfonamides is 1. The molecule has 2 rings (SSSR count). The van der Waals surface area contributed by atoms with Gasteiger partial charge in [-0.25, -0.2) is 8.42 Å². The van der Waals surface area contributed by atoms with Gasteiger partial charge in [-0.05, 0) is 36.2 Å². The van der Waals surface area contributed by atoms with Gasteiger partial charge in [0.1, 0.15) is 0 Å². The topological polar surface area (TPSA) is 79.4 Å². The van der Waals surface area contributed by atoms with Crippen LogP contribution in [0.2, 0.25) is 5.02 Å². The lowest BCUT2D eigenvalue weighted by Crippen LogP contribution is -2.35. The highest BCUT2D eigenvalue weighted by Gasteiger charge is 2.18. The first-order valence-corrected chi connectivity index (χ1v) is 10.4. The number of carbonyl (C=O) groups excluding carboxylic acids is 1. The minimum absolute atomic E-state index is 0.0927. The number of amides is 1. The normalized spacial score (nSPS) is 11.5. The highest BCUT2D eigenvalue weighted by Crippen LogP contribution is 2.11. The molecule has 0 radical (unpaired) electrons. The molecule has 0 bridgehead atoms.